The first kappa shape index (κ1) is 27.1. The fraction of sp³-hybridized carbons (Fsp3) is 0.259. The molecule has 1 aliphatic rings. The van der Waals surface area contributed by atoms with Crippen molar-refractivity contribution in [3.05, 3.63) is 83.2 Å². The van der Waals surface area contributed by atoms with Gasteiger partial charge in [0.25, 0.3) is 5.91 Å². The summed E-state index contributed by atoms with van der Waals surface area (Å²) >= 11 is 0. The molecule has 0 saturated heterocycles. The van der Waals surface area contributed by atoms with Gasteiger partial charge in [0.05, 0.1) is 12.2 Å². The molecule has 2 atom stereocenters. The number of nitrogens with two attached hydrogens (primary N) is 1. The number of carbonyl (C=O) groups excluding carboxylic acids is 2. The zero-order chi connectivity index (χ0) is 29.0. The third-order valence-electron chi connectivity index (χ3n) is 6.96. The molecule has 4 N–H and O–H groups in total. The number of aliphatic hydroxyl groups is 1. The van der Waals surface area contributed by atoms with Crippen molar-refractivity contribution >= 4 is 17.5 Å². The SMILES string of the molecule is Cc1ccc2nc(C(=O)NCC(O)(c3cc4c(c(-c5ccc(F)cc5)n3)OC[C@]4(C)C(N)=O)C(F)(F)F)cn2c1. The van der Waals surface area contributed by atoms with Crippen LogP contribution in [0.2, 0.25) is 0 Å². The summed E-state index contributed by atoms with van der Waals surface area (Å²) in [6.07, 6.45) is -2.30. The summed E-state index contributed by atoms with van der Waals surface area (Å²) in [5.41, 5.74) is 0.468. The molecule has 4 aromatic rings. The molecule has 0 bridgehead atoms. The number of amides is 2. The van der Waals surface area contributed by atoms with Crippen LogP contribution in [0.1, 0.15) is 34.2 Å². The molecule has 1 aromatic carbocycles. The Balaban J connectivity index is 1.58. The Kier molecular flexibility index (Phi) is 6.29. The van der Waals surface area contributed by atoms with E-state index in [9.17, 15) is 32.3 Å². The highest BCUT2D eigenvalue weighted by molar-refractivity contribution is 5.93. The lowest BCUT2D eigenvalue weighted by molar-refractivity contribution is -0.265. The summed E-state index contributed by atoms with van der Waals surface area (Å²) in [5, 5.41) is 13.2. The van der Waals surface area contributed by atoms with Gasteiger partial charge >= 0.3 is 6.18 Å². The summed E-state index contributed by atoms with van der Waals surface area (Å²) < 4.78 is 64.3. The van der Waals surface area contributed by atoms with E-state index in [0.717, 1.165) is 23.8 Å². The third-order valence-corrected chi connectivity index (χ3v) is 6.96. The van der Waals surface area contributed by atoms with Crippen LogP contribution in [0.15, 0.2) is 54.9 Å². The zero-order valence-electron chi connectivity index (χ0n) is 21.2. The van der Waals surface area contributed by atoms with E-state index >= 15 is 0 Å². The van der Waals surface area contributed by atoms with Gasteiger partial charge in [0.1, 0.15) is 40.6 Å². The van der Waals surface area contributed by atoms with E-state index in [1.54, 1.807) is 22.7 Å². The summed E-state index contributed by atoms with van der Waals surface area (Å²) in [4.78, 5) is 33.3. The number of benzene rings is 1. The Bertz CT molecular complexity index is 1650. The van der Waals surface area contributed by atoms with Crippen LogP contribution in [0, 0.1) is 12.7 Å². The van der Waals surface area contributed by atoms with Crippen LogP contribution < -0.4 is 15.8 Å². The van der Waals surface area contributed by atoms with E-state index in [1.807, 2.05) is 6.92 Å². The first-order valence-corrected chi connectivity index (χ1v) is 12.0. The Morgan fingerprint density at radius 2 is 1.85 bits per heavy atom. The molecule has 3 aromatic heterocycles. The maximum Gasteiger partial charge on any atom is 0.424 e. The summed E-state index contributed by atoms with van der Waals surface area (Å²) in [5.74, 6) is -2.46. The lowest BCUT2D eigenvalue weighted by Gasteiger charge is -2.31. The molecular weight excluding hydrogens is 534 g/mol. The quantitative estimate of drug-likeness (QED) is 0.312. The molecule has 0 radical (unpaired) electrons. The second-order valence-electron chi connectivity index (χ2n) is 9.86. The number of nitrogens with zero attached hydrogens (tertiary/aromatic N) is 3. The minimum absolute atomic E-state index is 0.0230. The summed E-state index contributed by atoms with van der Waals surface area (Å²) in [6.45, 7) is 1.59. The van der Waals surface area contributed by atoms with Gasteiger partial charge in [0.2, 0.25) is 11.5 Å². The first-order valence-electron chi connectivity index (χ1n) is 12.0. The van der Waals surface area contributed by atoms with E-state index in [0.29, 0.717) is 5.65 Å². The minimum Gasteiger partial charge on any atom is -0.489 e. The third kappa shape index (κ3) is 4.41. The van der Waals surface area contributed by atoms with Crippen molar-refractivity contribution in [3.63, 3.8) is 0 Å². The van der Waals surface area contributed by atoms with Crippen molar-refractivity contribution < 1.29 is 37.0 Å². The normalized spacial score (nSPS) is 18.2. The maximum absolute atomic E-state index is 14.5. The average molecular weight is 558 g/mol. The number of aromatic nitrogens is 3. The number of pyridine rings is 2. The van der Waals surface area contributed by atoms with Gasteiger partial charge in [-0.05, 0) is 55.8 Å². The highest BCUT2D eigenvalue weighted by atomic mass is 19.4. The highest BCUT2D eigenvalue weighted by Crippen LogP contribution is 2.47. The fourth-order valence-corrected chi connectivity index (χ4v) is 4.45. The number of rotatable bonds is 6. The van der Waals surface area contributed by atoms with E-state index in [4.69, 9.17) is 10.5 Å². The number of alkyl halides is 3. The van der Waals surface area contributed by atoms with Crippen molar-refractivity contribution in [2.24, 2.45) is 5.73 Å². The fourth-order valence-electron chi connectivity index (χ4n) is 4.45. The standard InChI is InChI=1S/C27H23F4N5O4/c1-14-3-8-20-34-18(11-36(20)10-14)23(37)33-12-26(39,27(29,30)31)19-9-17-22(40-13-25(17,2)24(32)38)21(35-19)15-4-6-16(28)7-5-15/h3-11,39H,12-13H2,1-2H3,(H2,32,38)(H,33,37)/t25-,26?/m0/s1. The predicted octanol–water partition coefficient (Wildman–Crippen LogP) is 3.16. The number of hydrogen-bond acceptors (Lipinski definition) is 6. The number of fused-ring (bicyclic) bond motifs is 2. The Labute approximate surface area is 224 Å². The number of hydrogen-bond donors (Lipinski definition) is 3. The van der Waals surface area contributed by atoms with Gasteiger partial charge in [0.15, 0.2) is 0 Å². The van der Waals surface area contributed by atoms with Gasteiger partial charge in [-0.2, -0.15) is 13.2 Å². The van der Waals surface area contributed by atoms with Gasteiger partial charge in [-0.3, -0.25) is 9.59 Å². The van der Waals surface area contributed by atoms with Crippen molar-refractivity contribution in [3.8, 4) is 17.0 Å². The van der Waals surface area contributed by atoms with Crippen molar-refractivity contribution in [2.75, 3.05) is 13.2 Å². The van der Waals surface area contributed by atoms with Crippen molar-refractivity contribution in [2.45, 2.75) is 31.0 Å². The maximum atomic E-state index is 14.5. The van der Waals surface area contributed by atoms with E-state index in [1.165, 1.54) is 25.3 Å². The Morgan fingerprint density at radius 1 is 1.15 bits per heavy atom. The van der Waals surface area contributed by atoms with Crippen molar-refractivity contribution in [1.29, 1.82) is 0 Å². The van der Waals surface area contributed by atoms with Crippen LogP contribution in [0.3, 0.4) is 0 Å². The summed E-state index contributed by atoms with van der Waals surface area (Å²) in [6, 6.07) is 8.98. The molecule has 4 heterocycles. The molecule has 0 spiro atoms. The highest BCUT2D eigenvalue weighted by Gasteiger charge is 2.57. The molecule has 1 unspecified atom stereocenters. The predicted molar refractivity (Wildman–Crippen MR) is 134 cm³/mol. The molecule has 2 amide bonds. The molecule has 40 heavy (non-hydrogen) atoms. The van der Waals surface area contributed by atoms with Gasteiger partial charge < -0.3 is 25.3 Å². The number of halogens is 4. The molecule has 1 aliphatic heterocycles. The Morgan fingerprint density at radius 3 is 2.50 bits per heavy atom. The van der Waals surface area contributed by atoms with Crippen LogP contribution in [-0.4, -0.2) is 50.6 Å². The number of ether oxygens (including phenoxy) is 1. The van der Waals surface area contributed by atoms with Gasteiger partial charge in [-0.25, -0.2) is 14.4 Å². The smallest absolute Gasteiger partial charge is 0.424 e. The monoisotopic (exact) mass is 557 g/mol. The molecule has 9 nitrogen and oxygen atoms in total. The van der Waals surface area contributed by atoms with Gasteiger partial charge in [-0.1, -0.05) is 6.07 Å². The molecule has 13 heteroatoms. The van der Waals surface area contributed by atoms with E-state index < -0.39 is 47.1 Å². The number of carbonyl (C=O) groups is 2. The van der Waals surface area contributed by atoms with Crippen LogP contribution in [0.25, 0.3) is 16.9 Å². The van der Waals surface area contributed by atoms with E-state index in [-0.39, 0.29) is 34.9 Å². The van der Waals surface area contributed by atoms with Gasteiger partial charge in [0, 0.05) is 23.5 Å². The lowest BCUT2D eigenvalue weighted by Crippen LogP contribution is -2.52. The van der Waals surface area contributed by atoms with Crippen LogP contribution >= 0.6 is 0 Å². The van der Waals surface area contributed by atoms with Crippen LogP contribution in [0.5, 0.6) is 5.75 Å². The topological polar surface area (TPSA) is 132 Å². The van der Waals surface area contributed by atoms with Crippen LogP contribution in [0.4, 0.5) is 17.6 Å². The largest absolute Gasteiger partial charge is 0.489 e. The molecule has 5 rings (SSSR count). The molecule has 0 fully saturated rings. The van der Waals surface area contributed by atoms with Gasteiger partial charge in [-0.15, -0.1) is 0 Å². The molecule has 208 valence electrons. The average Bonchev–Trinajstić information content (AvgIpc) is 3.48. The number of primary amides is 1. The number of aryl methyl sites for hydroxylation is 1. The van der Waals surface area contributed by atoms with Crippen LogP contribution in [-0.2, 0) is 15.8 Å². The van der Waals surface area contributed by atoms with Crippen molar-refractivity contribution in [1.82, 2.24) is 19.7 Å². The first-order chi connectivity index (χ1) is 18.7. The van der Waals surface area contributed by atoms with E-state index in [2.05, 4.69) is 15.3 Å². The molecular formula is C27H23F4N5O4. The number of nitrogens with one attached hydrogen (secondary N) is 1. The second kappa shape index (κ2) is 9.30. The molecule has 0 saturated carbocycles. The lowest BCUT2D eigenvalue weighted by atomic mass is 9.81. The minimum atomic E-state index is -5.33. The number of imidazole rings is 1. The summed E-state index contributed by atoms with van der Waals surface area (Å²) in [7, 11) is 0. The molecule has 0 aliphatic carbocycles. The second-order valence-corrected chi connectivity index (χ2v) is 9.86. The Hall–Kier alpha value is -4.52. The zero-order valence-corrected chi connectivity index (χ0v) is 21.2.